The van der Waals surface area contributed by atoms with E-state index in [0.29, 0.717) is 12.5 Å². The van der Waals surface area contributed by atoms with Gasteiger partial charge in [-0.05, 0) is 66.4 Å². The number of methoxy groups -OCH3 is 1. The SMILES string of the molecule is C=C(C)COc1cc2c(cc1OC)C1CC(O)C(CC(C)(C)C)CN1CC2. The van der Waals surface area contributed by atoms with Crippen LogP contribution in [0.5, 0.6) is 11.5 Å². The summed E-state index contributed by atoms with van der Waals surface area (Å²) in [5.41, 5.74) is 3.83. The third-order valence-electron chi connectivity index (χ3n) is 5.72. The van der Waals surface area contributed by atoms with E-state index in [1.807, 2.05) is 6.92 Å². The molecule has 27 heavy (non-hydrogen) atoms. The predicted molar refractivity (Wildman–Crippen MR) is 110 cm³/mol. The second kappa shape index (κ2) is 7.84. The molecule has 2 heterocycles. The molecule has 2 aliphatic heterocycles. The van der Waals surface area contributed by atoms with Crippen LogP contribution in [0.3, 0.4) is 0 Å². The van der Waals surface area contributed by atoms with Crippen LogP contribution in [0.4, 0.5) is 0 Å². The Hall–Kier alpha value is -1.52. The second-order valence-electron chi connectivity index (χ2n) is 9.54. The first-order valence-electron chi connectivity index (χ1n) is 10.1. The van der Waals surface area contributed by atoms with E-state index in [1.165, 1.54) is 11.1 Å². The number of hydrogen-bond donors (Lipinski definition) is 1. The van der Waals surface area contributed by atoms with Crippen LogP contribution in [0.25, 0.3) is 0 Å². The van der Waals surface area contributed by atoms with Crippen molar-refractivity contribution in [1.29, 1.82) is 0 Å². The lowest BCUT2D eigenvalue weighted by atomic mass is 9.75. The first kappa shape index (κ1) is 20.2. The first-order chi connectivity index (χ1) is 12.7. The summed E-state index contributed by atoms with van der Waals surface area (Å²) in [7, 11) is 1.69. The van der Waals surface area contributed by atoms with Crippen LogP contribution in [-0.2, 0) is 6.42 Å². The summed E-state index contributed by atoms with van der Waals surface area (Å²) in [4.78, 5) is 2.55. The van der Waals surface area contributed by atoms with E-state index in [0.717, 1.165) is 49.4 Å². The quantitative estimate of drug-likeness (QED) is 0.779. The molecule has 3 rings (SSSR count). The molecule has 0 amide bonds. The Labute approximate surface area is 164 Å². The molecule has 150 valence electrons. The van der Waals surface area contributed by atoms with Crippen LogP contribution in [0, 0.1) is 11.3 Å². The molecular weight excluding hydrogens is 338 g/mol. The Morgan fingerprint density at radius 2 is 2.04 bits per heavy atom. The number of piperidine rings is 1. The molecule has 0 aromatic heterocycles. The summed E-state index contributed by atoms with van der Waals surface area (Å²) < 4.78 is 11.5. The number of aliphatic hydroxyl groups is 1. The number of aliphatic hydroxyl groups excluding tert-OH is 1. The van der Waals surface area contributed by atoms with Crippen molar-refractivity contribution in [2.45, 2.75) is 59.1 Å². The smallest absolute Gasteiger partial charge is 0.161 e. The molecule has 1 fully saturated rings. The van der Waals surface area contributed by atoms with Gasteiger partial charge in [-0.1, -0.05) is 27.4 Å². The van der Waals surface area contributed by atoms with Gasteiger partial charge in [0.25, 0.3) is 0 Å². The zero-order valence-corrected chi connectivity index (χ0v) is 17.5. The highest BCUT2D eigenvalue weighted by Gasteiger charge is 2.39. The molecule has 0 saturated carbocycles. The van der Waals surface area contributed by atoms with Crippen LogP contribution in [-0.4, -0.2) is 42.9 Å². The molecule has 3 atom stereocenters. The molecule has 4 nitrogen and oxygen atoms in total. The van der Waals surface area contributed by atoms with Crippen molar-refractivity contribution in [3.63, 3.8) is 0 Å². The Morgan fingerprint density at radius 3 is 2.67 bits per heavy atom. The van der Waals surface area contributed by atoms with Gasteiger partial charge in [0.2, 0.25) is 0 Å². The summed E-state index contributed by atoms with van der Waals surface area (Å²) >= 11 is 0. The summed E-state index contributed by atoms with van der Waals surface area (Å²) in [5, 5.41) is 10.8. The number of rotatable bonds is 5. The van der Waals surface area contributed by atoms with Crippen molar-refractivity contribution in [3.8, 4) is 11.5 Å². The van der Waals surface area contributed by atoms with Crippen LogP contribution in [0.2, 0.25) is 0 Å². The van der Waals surface area contributed by atoms with Crippen molar-refractivity contribution >= 4 is 0 Å². The monoisotopic (exact) mass is 373 g/mol. The first-order valence-corrected chi connectivity index (χ1v) is 10.1. The van der Waals surface area contributed by atoms with Gasteiger partial charge in [0.1, 0.15) is 6.61 Å². The molecule has 3 unspecified atom stereocenters. The molecule has 0 radical (unpaired) electrons. The standard InChI is InChI=1S/C23H35NO3/c1-15(2)14-27-22-9-16-7-8-24-13-17(12-23(3,4)5)20(25)11-19(24)18(16)10-21(22)26-6/h9-10,17,19-20,25H,1,7-8,11-14H2,2-6H3. The van der Waals surface area contributed by atoms with Gasteiger partial charge >= 0.3 is 0 Å². The number of ether oxygens (including phenoxy) is 2. The maximum Gasteiger partial charge on any atom is 0.161 e. The van der Waals surface area contributed by atoms with Crippen LogP contribution >= 0.6 is 0 Å². The third kappa shape index (κ3) is 4.67. The lowest BCUT2D eigenvalue weighted by molar-refractivity contribution is -0.0259. The highest BCUT2D eigenvalue weighted by atomic mass is 16.5. The fourth-order valence-electron chi connectivity index (χ4n) is 4.56. The fourth-order valence-corrected chi connectivity index (χ4v) is 4.56. The molecular formula is C23H35NO3. The molecule has 2 aliphatic rings. The summed E-state index contributed by atoms with van der Waals surface area (Å²) in [5.74, 6) is 1.90. The molecule has 1 N–H and O–H groups in total. The van der Waals surface area contributed by atoms with E-state index in [1.54, 1.807) is 7.11 Å². The van der Waals surface area contributed by atoms with Gasteiger partial charge in [-0.3, -0.25) is 4.90 Å². The predicted octanol–water partition coefficient (Wildman–Crippen LogP) is 4.37. The van der Waals surface area contributed by atoms with Gasteiger partial charge in [-0.2, -0.15) is 0 Å². The summed E-state index contributed by atoms with van der Waals surface area (Å²) in [6, 6.07) is 4.52. The van der Waals surface area contributed by atoms with Crippen LogP contribution in [0.15, 0.2) is 24.3 Å². The fraction of sp³-hybridized carbons (Fsp3) is 0.652. The second-order valence-corrected chi connectivity index (χ2v) is 9.54. The van der Waals surface area contributed by atoms with Gasteiger partial charge in [-0.15, -0.1) is 0 Å². The zero-order chi connectivity index (χ0) is 19.8. The van der Waals surface area contributed by atoms with Gasteiger partial charge in [0, 0.05) is 19.1 Å². The Balaban J connectivity index is 1.83. The largest absolute Gasteiger partial charge is 0.493 e. The van der Waals surface area contributed by atoms with E-state index < -0.39 is 0 Å². The Kier molecular flexibility index (Phi) is 5.87. The van der Waals surface area contributed by atoms with Gasteiger partial charge < -0.3 is 14.6 Å². The van der Waals surface area contributed by atoms with E-state index in [2.05, 4.69) is 44.4 Å². The maximum atomic E-state index is 10.8. The van der Waals surface area contributed by atoms with E-state index in [-0.39, 0.29) is 17.6 Å². The third-order valence-corrected chi connectivity index (χ3v) is 5.72. The summed E-state index contributed by atoms with van der Waals surface area (Å²) in [6.45, 7) is 15.1. The van der Waals surface area contributed by atoms with Crippen molar-refractivity contribution < 1.29 is 14.6 Å². The average Bonchev–Trinajstić information content (AvgIpc) is 2.58. The maximum absolute atomic E-state index is 10.8. The normalized spacial score (nSPS) is 25.5. The van der Waals surface area contributed by atoms with Crippen molar-refractivity contribution in [2.24, 2.45) is 11.3 Å². The minimum atomic E-state index is -0.248. The van der Waals surface area contributed by atoms with E-state index in [4.69, 9.17) is 9.47 Å². The van der Waals surface area contributed by atoms with Gasteiger partial charge in [0.15, 0.2) is 11.5 Å². The molecule has 0 bridgehead atoms. The average molecular weight is 374 g/mol. The minimum absolute atomic E-state index is 0.241. The van der Waals surface area contributed by atoms with Gasteiger partial charge in [-0.25, -0.2) is 0 Å². The van der Waals surface area contributed by atoms with Crippen LogP contribution < -0.4 is 9.47 Å². The minimum Gasteiger partial charge on any atom is -0.493 e. The molecule has 0 aliphatic carbocycles. The van der Waals surface area contributed by atoms with E-state index >= 15 is 0 Å². The molecule has 0 spiro atoms. The van der Waals surface area contributed by atoms with Gasteiger partial charge in [0.05, 0.1) is 13.2 Å². The van der Waals surface area contributed by atoms with Crippen molar-refractivity contribution in [2.75, 3.05) is 26.8 Å². The summed E-state index contributed by atoms with van der Waals surface area (Å²) in [6.07, 6.45) is 2.61. The Bertz CT molecular complexity index is 692. The molecule has 1 aromatic rings. The number of hydrogen-bond acceptors (Lipinski definition) is 4. The van der Waals surface area contributed by atoms with Crippen molar-refractivity contribution in [3.05, 3.63) is 35.4 Å². The molecule has 4 heteroatoms. The van der Waals surface area contributed by atoms with E-state index in [9.17, 15) is 5.11 Å². The molecule has 1 aromatic carbocycles. The zero-order valence-electron chi connectivity index (χ0n) is 17.5. The lowest BCUT2D eigenvalue weighted by Gasteiger charge is -2.47. The van der Waals surface area contributed by atoms with Crippen molar-refractivity contribution in [1.82, 2.24) is 4.90 Å². The number of fused-ring (bicyclic) bond motifs is 3. The highest BCUT2D eigenvalue weighted by Crippen LogP contribution is 2.44. The van der Waals surface area contributed by atoms with Crippen LogP contribution in [0.1, 0.15) is 57.7 Å². The number of benzene rings is 1. The number of nitrogens with zero attached hydrogens (tertiary/aromatic N) is 1. The lowest BCUT2D eigenvalue weighted by Crippen LogP contribution is -2.48. The topological polar surface area (TPSA) is 41.9 Å². The molecule has 1 saturated heterocycles. The Morgan fingerprint density at radius 1 is 1.30 bits per heavy atom. The highest BCUT2D eigenvalue weighted by molar-refractivity contribution is 5.50.